The van der Waals surface area contributed by atoms with Gasteiger partial charge in [-0.3, -0.25) is 28.7 Å². The SMILES string of the molecule is C#Cc1ccc2c(c1)C(c1ccccc1)=NCc1c(C(=O)NCCCCCNC(=O)c3ncn4c3CN=C(c3ccccc3)c3cc(C#C)ccc3-4)ncn1-2. The summed E-state index contributed by atoms with van der Waals surface area (Å²) in [5.41, 5.74) is 10.7. The molecule has 2 aromatic heterocycles. The zero-order chi connectivity index (χ0) is 37.7. The summed E-state index contributed by atoms with van der Waals surface area (Å²) >= 11 is 0. The lowest BCUT2D eigenvalue weighted by Crippen LogP contribution is -2.27. The van der Waals surface area contributed by atoms with Crippen molar-refractivity contribution in [2.24, 2.45) is 9.98 Å². The molecule has 8 rings (SSSR count). The summed E-state index contributed by atoms with van der Waals surface area (Å²) in [5, 5.41) is 6.04. The molecule has 6 aromatic rings. The van der Waals surface area contributed by atoms with Crippen LogP contribution in [-0.2, 0) is 13.1 Å². The molecule has 0 saturated heterocycles. The summed E-state index contributed by atoms with van der Waals surface area (Å²) in [6.45, 7) is 1.51. The average Bonchev–Trinajstić information content (AvgIpc) is 3.77. The highest BCUT2D eigenvalue weighted by Crippen LogP contribution is 2.29. The van der Waals surface area contributed by atoms with E-state index in [1.165, 1.54) is 0 Å². The van der Waals surface area contributed by atoms with Gasteiger partial charge in [0, 0.05) is 46.5 Å². The number of hydrogen-bond donors (Lipinski definition) is 2. The van der Waals surface area contributed by atoms with Gasteiger partial charge in [-0.1, -0.05) is 72.5 Å². The summed E-state index contributed by atoms with van der Waals surface area (Å²) in [7, 11) is 0. The summed E-state index contributed by atoms with van der Waals surface area (Å²) in [5.74, 6) is 4.93. The maximum Gasteiger partial charge on any atom is 0.271 e. The van der Waals surface area contributed by atoms with Crippen LogP contribution < -0.4 is 10.6 Å². The highest BCUT2D eigenvalue weighted by molar-refractivity contribution is 6.16. The second kappa shape index (κ2) is 15.4. The summed E-state index contributed by atoms with van der Waals surface area (Å²) in [6.07, 6.45) is 17.1. The van der Waals surface area contributed by atoms with Crippen molar-refractivity contribution in [1.82, 2.24) is 29.7 Å². The van der Waals surface area contributed by atoms with Crippen molar-refractivity contribution in [2.75, 3.05) is 13.1 Å². The second-order valence-electron chi connectivity index (χ2n) is 13.2. The molecule has 268 valence electrons. The lowest BCUT2D eigenvalue weighted by atomic mass is 9.98. The van der Waals surface area contributed by atoms with E-state index in [1.807, 2.05) is 106 Å². The minimum Gasteiger partial charge on any atom is -0.351 e. The third-order valence-electron chi connectivity index (χ3n) is 9.81. The minimum absolute atomic E-state index is 0.252. The van der Waals surface area contributed by atoms with Crippen molar-refractivity contribution in [1.29, 1.82) is 0 Å². The number of aromatic nitrogens is 4. The van der Waals surface area contributed by atoms with Crippen LogP contribution in [0.25, 0.3) is 11.4 Å². The van der Waals surface area contributed by atoms with Gasteiger partial charge in [0.1, 0.15) is 12.7 Å². The predicted octanol–water partition coefficient (Wildman–Crippen LogP) is 6.05. The third kappa shape index (κ3) is 6.85. The molecule has 4 aromatic carbocycles. The van der Waals surface area contributed by atoms with E-state index in [0.717, 1.165) is 75.4 Å². The van der Waals surface area contributed by atoms with Gasteiger partial charge in [-0.2, -0.15) is 0 Å². The monoisotopic (exact) mass is 720 g/mol. The van der Waals surface area contributed by atoms with Crippen molar-refractivity contribution in [3.63, 3.8) is 0 Å². The number of rotatable bonds is 10. The second-order valence-corrected chi connectivity index (χ2v) is 13.2. The van der Waals surface area contributed by atoms with Crippen molar-refractivity contribution >= 4 is 23.2 Å². The van der Waals surface area contributed by atoms with Crippen LogP contribution in [0, 0.1) is 24.7 Å². The van der Waals surface area contributed by atoms with E-state index < -0.39 is 0 Å². The van der Waals surface area contributed by atoms with Crippen LogP contribution in [0.5, 0.6) is 0 Å². The van der Waals surface area contributed by atoms with Crippen molar-refractivity contribution in [2.45, 2.75) is 32.4 Å². The number of carbonyl (C=O) groups excluding carboxylic acids is 2. The van der Waals surface area contributed by atoms with Gasteiger partial charge in [-0.25, -0.2) is 9.97 Å². The Morgan fingerprint density at radius 2 is 1.04 bits per heavy atom. The van der Waals surface area contributed by atoms with E-state index in [2.05, 4.69) is 32.4 Å². The molecule has 4 heterocycles. The Morgan fingerprint density at radius 3 is 1.45 bits per heavy atom. The van der Waals surface area contributed by atoms with Crippen molar-refractivity contribution in [3.05, 3.63) is 166 Å². The number of imidazole rings is 2. The Morgan fingerprint density at radius 1 is 0.600 bits per heavy atom. The molecule has 0 aliphatic carbocycles. The molecule has 2 aliphatic heterocycles. The number of benzene rings is 4. The first-order chi connectivity index (χ1) is 27.0. The molecule has 0 saturated carbocycles. The Hall–Kier alpha value is -7.30. The van der Waals surface area contributed by atoms with Gasteiger partial charge < -0.3 is 10.6 Å². The number of fused-ring (bicyclic) bond motifs is 6. The zero-order valence-corrected chi connectivity index (χ0v) is 30.0. The average molecular weight is 721 g/mol. The molecule has 2 aliphatic rings. The first kappa shape index (κ1) is 34.8. The molecule has 0 radical (unpaired) electrons. The Labute approximate surface area is 319 Å². The van der Waals surface area contributed by atoms with Gasteiger partial charge in [-0.15, -0.1) is 12.8 Å². The molecule has 0 atom stereocenters. The number of terminal acetylenes is 2. The molecule has 0 bridgehead atoms. The number of carbonyl (C=O) groups is 2. The standard InChI is InChI=1S/C45H36N8O2/c1-3-30-18-20-36-34(24-30)40(32-14-8-5-9-15-32)48-26-38-42(50-28-52(36)38)44(54)46-22-12-7-13-23-47-45(55)43-39-27-49-41(33-16-10-6-11-17-33)35-25-31(4-2)19-21-37(35)53(39)29-51-43/h1-2,5-6,8-11,14-21,24-25,28-29H,7,12-13,22-23,26-27H2,(H,46,54)(H,47,55). The maximum atomic E-state index is 13.4. The zero-order valence-electron chi connectivity index (χ0n) is 30.0. The lowest BCUT2D eigenvalue weighted by molar-refractivity contribution is 0.0942. The summed E-state index contributed by atoms with van der Waals surface area (Å²) in [6, 6.07) is 31.5. The third-order valence-corrected chi connectivity index (χ3v) is 9.81. The van der Waals surface area contributed by atoms with Crippen LogP contribution in [0.3, 0.4) is 0 Å². The molecule has 0 fully saturated rings. The van der Waals surface area contributed by atoms with E-state index in [1.54, 1.807) is 12.7 Å². The van der Waals surface area contributed by atoms with Crippen LogP contribution >= 0.6 is 0 Å². The van der Waals surface area contributed by atoms with E-state index in [-0.39, 0.29) is 24.9 Å². The largest absolute Gasteiger partial charge is 0.351 e. The highest BCUT2D eigenvalue weighted by atomic mass is 16.2. The van der Waals surface area contributed by atoms with Crippen LogP contribution in [0.2, 0.25) is 0 Å². The first-order valence-corrected chi connectivity index (χ1v) is 18.2. The number of unbranched alkanes of at least 4 members (excludes halogenated alkanes) is 2. The Bertz CT molecular complexity index is 2400. The van der Waals surface area contributed by atoms with Gasteiger partial charge in [0.15, 0.2) is 11.4 Å². The van der Waals surface area contributed by atoms with Gasteiger partial charge >= 0.3 is 0 Å². The number of nitrogens with zero attached hydrogens (tertiary/aromatic N) is 6. The number of nitrogens with one attached hydrogen (secondary N) is 2. The molecular formula is C45H36N8O2. The first-order valence-electron chi connectivity index (χ1n) is 18.2. The Kier molecular flexibility index (Phi) is 9.71. The molecular weight excluding hydrogens is 685 g/mol. The van der Waals surface area contributed by atoms with Crippen LogP contribution in [0.1, 0.15) is 85.0 Å². The Balaban J connectivity index is 0.875. The molecule has 10 heteroatoms. The number of hydrogen-bond acceptors (Lipinski definition) is 6. The highest BCUT2D eigenvalue weighted by Gasteiger charge is 2.26. The van der Waals surface area contributed by atoms with E-state index in [0.29, 0.717) is 35.9 Å². The molecule has 55 heavy (non-hydrogen) atoms. The van der Waals surface area contributed by atoms with E-state index in [9.17, 15) is 9.59 Å². The van der Waals surface area contributed by atoms with Crippen LogP contribution in [0.4, 0.5) is 0 Å². The van der Waals surface area contributed by atoms with Gasteiger partial charge in [0.2, 0.25) is 0 Å². The van der Waals surface area contributed by atoms with Gasteiger partial charge in [0.25, 0.3) is 11.8 Å². The molecule has 2 amide bonds. The topological polar surface area (TPSA) is 119 Å². The molecule has 0 spiro atoms. The maximum absolute atomic E-state index is 13.4. The van der Waals surface area contributed by atoms with Gasteiger partial charge in [0.05, 0.1) is 47.3 Å². The normalized spacial score (nSPS) is 12.5. The number of aliphatic imine (C=N–C) groups is 2. The smallest absolute Gasteiger partial charge is 0.271 e. The number of amides is 2. The van der Waals surface area contributed by atoms with Crippen molar-refractivity contribution < 1.29 is 9.59 Å². The molecule has 2 N–H and O–H groups in total. The fraction of sp³-hybridized carbons (Fsp3) is 0.156. The lowest BCUT2D eigenvalue weighted by Gasteiger charge is -2.12. The minimum atomic E-state index is -0.252. The van der Waals surface area contributed by atoms with Crippen LogP contribution in [0.15, 0.2) is 120 Å². The van der Waals surface area contributed by atoms with Crippen molar-refractivity contribution in [3.8, 4) is 36.1 Å². The predicted molar refractivity (Wildman–Crippen MR) is 213 cm³/mol. The molecule has 10 nitrogen and oxygen atoms in total. The van der Waals surface area contributed by atoms with Crippen LogP contribution in [-0.4, -0.2) is 55.4 Å². The fourth-order valence-corrected chi connectivity index (χ4v) is 7.06. The molecule has 0 unspecified atom stereocenters. The van der Waals surface area contributed by atoms with Gasteiger partial charge in [-0.05, 0) is 55.7 Å². The fourth-order valence-electron chi connectivity index (χ4n) is 7.06. The summed E-state index contributed by atoms with van der Waals surface area (Å²) < 4.78 is 3.85. The quantitative estimate of drug-likeness (QED) is 0.132. The summed E-state index contributed by atoms with van der Waals surface area (Å²) in [4.78, 5) is 45.6. The van der Waals surface area contributed by atoms with E-state index in [4.69, 9.17) is 22.8 Å². The van der Waals surface area contributed by atoms with E-state index >= 15 is 0 Å².